The van der Waals surface area contributed by atoms with Gasteiger partial charge in [-0.2, -0.15) is 4.31 Å². The molecule has 0 saturated carbocycles. The third kappa shape index (κ3) is 5.14. The maximum Gasteiger partial charge on any atom is 0.338 e. The van der Waals surface area contributed by atoms with Crippen LogP contribution in [0.15, 0.2) is 34.4 Å². The maximum atomic E-state index is 13.1. The van der Waals surface area contributed by atoms with Crippen LogP contribution in [-0.2, 0) is 19.6 Å². The van der Waals surface area contributed by atoms with E-state index < -0.39 is 34.1 Å². The van der Waals surface area contributed by atoms with Crippen LogP contribution in [-0.4, -0.2) is 54.5 Å². The molecule has 1 heterocycles. The SMILES string of the molecule is CC(=N)/C(C(C)=O)=C(/O)COC(=O)c1cc(S(=O)(=O)N2CCCCC2C)ccc1C. The summed E-state index contributed by atoms with van der Waals surface area (Å²) < 4.78 is 32.6. The number of aliphatic hydroxyl groups excluding tert-OH is 1. The highest BCUT2D eigenvalue weighted by molar-refractivity contribution is 7.89. The Balaban J connectivity index is 2.28. The molecule has 0 amide bonds. The van der Waals surface area contributed by atoms with Crippen LogP contribution < -0.4 is 0 Å². The average molecular weight is 437 g/mol. The van der Waals surface area contributed by atoms with Gasteiger partial charge in [0.2, 0.25) is 10.0 Å². The van der Waals surface area contributed by atoms with E-state index in [-0.39, 0.29) is 27.8 Å². The number of allylic oxidation sites excluding steroid dienone is 1. The van der Waals surface area contributed by atoms with E-state index in [1.54, 1.807) is 6.92 Å². The number of ether oxygens (including phenoxy) is 1. The molecule has 1 aliphatic rings. The zero-order valence-electron chi connectivity index (χ0n) is 17.7. The number of rotatable bonds is 7. The Morgan fingerprint density at radius 3 is 2.50 bits per heavy atom. The number of hydrogen-bond donors (Lipinski definition) is 2. The Labute approximate surface area is 177 Å². The minimum Gasteiger partial charge on any atom is -0.508 e. The molecule has 1 aliphatic heterocycles. The number of sulfonamides is 1. The van der Waals surface area contributed by atoms with Gasteiger partial charge in [-0.25, -0.2) is 13.2 Å². The molecule has 1 atom stereocenters. The van der Waals surface area contributed by atoms with Crippen molar-refractivity contribution in [1.29, 1.82) is 5.41 Å². The maximum absolute atomic E-state index is 13.1. The third-order valence-electron chi connectivity index (χ3n) is 5.13. The standard InChI is InChI=1S/C21H28N2O6S/c1-13-8-9-17(30(27,28)23-10-6-5-7-14(23)2)11-18(13)21(26)29-12-19(25)20(15(3)22)16(4)24/h8-9,11,14,22,25H,5-7,10,12H2,1-4H3/b20-19-,22-15?. The summed E-state index contributed by atoms with van der Waals surface area (Å²) in [6.07, 6.45) is 2.56. The number of aryl methyl sites for hydroxylation is 1. The molecule has 30 heavy (non-hydrogen) atoms. The van der Waals surface area contributed by atoms with Gasteiger partial charge in [-0.05, 0) is 58.2 Å². The summed E-state index contributed by atoms with van der Waals surface area (Å²) in [5.41, 5.74) is 0.222. The van der Waals surface area contributed by atoms with E-state index in [9.17, 15) is 23.1 Å². The molecule has 164 valence electrons. The Morgan fingerprint density at radius 1 is 1.27 bits per heavy atom. The highest BCUT2D eigenvalue weighted by atomic mass is 32.2. The number of carbonyl (C=O) groups is 2. The van der Waals surface area contributed by atoms with Gasteiger partial charge in [0.15, 0.2) is 5.78 Å². The number of benzene rings is 1. The predicted molar refractivity (Wildman–Crippen MR) is 112 cm³/mol. The zero-order chi connectivity index (χ0) is 22.6. The summed E-state index contributed by atoms with van der Waals surface area (Å²) in [5, 5.41) is 17.6. The Morgan fingerprint density at radius 2 is 1.93 bits per heavy atom. The van der Waals surface area contributed by atoms with E-state index in [0.717, 1.165) is 19.3 Å². The van der Waals surface area contributed by atoms with E-state index in [1.807, 2.05) is 6.92 Å². The predicted octanol–water partition coefficient (Wildman–Crippen LogP) is 3.16. The molecular formula is C21H28N2O6S. The smallest absolute Gasteiger partial charge is 0.338 e. The summed E-state index contributed by atoms with van der Waals surface area (Å²) >= 11 is 0. The molecule has 0 aliphatic carbocycles. The summed E-state index contributed by atoms with van der Waals surface area (Å²) in [7, 11) is -3.76. The molecule has 9 heteroatoms. The number of aliphatic hydroxyl groups is 1. The van der Waals surface area contributed by atoms with E-state index in [1.165, 1.54) is 36.4 Å². The lowest BCUT2D eigenvalue weighted by atomic mass is 10.1. The number of nitrogens with one attached hydrogen (secondary N) is 1. The molecule has 0 spiro atoms. The van der Waals surface area contributed by atoms with Crippen LogP contribution in [0.2, 0.25) is 0 Å². The van der Waals surface area contributed by atoms with E-state index >= 15 is 0 Å². The minimum absolute atomic E-state index is 0.00771. The van der Waals surface area contributed by atoms with Crippen molar-refractivity contribution in [3.8, 4) is 0 Å². The number of carbonyl (C=O) groups excluding carboxylic acids is 2. The second kappa shape index (κ2) is 9.53. The fraction of sp³-hybridized carbons (Fsp3) is 0.476. The molecule has 2 N–H and O–H groups in total. The molecule has 1 fully saturated rings. The number of esters is 1. The van der Waals surface area contributed by atoms with Gasteiger partial charge >= 0.3 is 5.97 Å². The Hall–Kier alpha value is -2.52. The van der Waals surface area contributed by atoms with Crippen LogP contribution in [0.4, 0.5) is 0 Å². The summed E-state index contributed by atoms with van der Waals surface area (Å²) in [6, 6.07) is 4.17. The van der Waals surface area contributed by atoms with Crippen molar-refractivity contribution < 1.29 is 27.9 Å². The molecule has 8 nitrogen and oxygen atoms in total. The Bertz CT molecular complexity index is 981. The number of nitrogens with zero attached hydrogens (tertiary/aromatic N) is 1. The second-order valence-electron chi connectivity index (χ2n) is 7.52. The van der Waals surface area contributed by atoms with Crippen LogP contribution in [0.5, 0.6) is 0 Å². The first kappa shape index (κ1) is 23.8. The highest BCUT2D eigenvalue weighted by Crippen LogP contribution is 2.26. The van der Waals surface area contributed by atoms with Crippen LogP contribution in [0.1, 0.15) is 56.0 Å². The van der Waals surface area contributed by atoms with E-state index in [2.05, 4.69) is 0 Å². The van der Waals surface area contributed by atoms with Gasteiger partial charge in [0.1, 0.15) is 12.4 Å². The van der Waals surface area contributed by atoms with Gasteiger partial charge in [-0.15, -0.1) is 0 Å². The molecule has 1 saturated heterocycles. The van der Waals surface area contributed by atoms with Crippen molar-refractivity contribution in [1.82, 2.24) is 4.31 Å². The fourth-order valence-electron chi connectivity index (χ4n) is 3.51. The summed E-state index contributed by atoms with van der Waals surface area (Å²) in [6.45, 7) is 5.90. The number of ketones is 1. The van der Waals surface area contributed by atoms with Crippen molar-refractivity contribution in [2.75, 3.05) is 13.2 Å². The highest BCUT2D eigenvalue weighted by Gasteiger charge is 2.31. The molecule has 2 rings (SSSR count). The molecule has 1 aromatic carbocycles. The Kier molecular flexibility index (Phi) is 7.54. The van der Waals surface area contributed by atoms with Crippen LogP contribution in [0.25, 0.3) is 0 Å². The third-order valence-corrected chi connectivity index (χ3v) is 7.14. The fourth-order valence-corrected chi connectivity index (χ4v) is 5.24. The van der Waals surface area contributed by atoms with Gasteiger partial charge in [0.25, 0.3) is 0 Å². The van der Waals surface area contributed by atoms with Crippen molar-refractivity contribution in [3.63, 3.8) is 0 Å². The van der Waals surface area contributed by atoms with Crippen molar-refractivity contribution in [2.24, 2.45) is 0 Å². The molecule has 1 aromatic rings. The normalized spacial score (nSPS) is 18.5. The minimum atomic E-state index is -3.76. The van der Waals surface area contributed by atoms with Crippen LogP contribution >= 0.6 is 0 Å². The number of Topliss-reactive ketones (excluding diaryl/α,β-unsaturated/α-hetero) is 1. The largest absolute Gasteiger partial charge is 0.508 e. The quantitative estimate of drug-likeness (QED) is 0.293. The lowest BCUT2D eigenvalue weighted by Gasteiger charge is -2.32. The van der Waals surface area contributed by atoms with Crippen molar-refractivity contribution in [2.45, 2.75) is 57.9 Å². The van der Waals surface area contributed by atoms with Crippen LogP contribution in [0.3, 0.4) is 0 Å². The van der Waals surface area contributed by atoms with E-state index in [4.69, 9.17) is 10.1 Å². The zero-order valence-corrected chi connectivity index (χ0v) is 18.5. The second-order valence-corrected chi connectivity index (χ2v) is 9.41. The van der Waals surface area contributed by atoms with Gasteiger partial charge < -0.3 is 15.3 Å². The van der Waals surface area contributed by atoms with Crippen molar-refractivity contribution in [3.05, 3.63) is 40.7 Å². The molecule has 0 bridgehead atoms. The molecular weight excluding hydrogens is 408 g/mol. The lowest BCUT2D eigenvalue weighted by Crippen LogP contribution is -2.41. The van der Waals surface area contributed by atoms with Gasteiger partial charge in [0.05, 0.1) is 16.0 Å². The van der Waals surface area contributed by atoms with E-state index in [0.29, 0.717) is 12.1 Å². The molecule has 0 aromatic heterocycles. The molecule has 0 radical (unpaired) electrons. The molecule has 1 unspecified atom stereocenters. The van der Waals surface area contributed by atoms with Crippen molar-refractivity contribution >= 4 is 27.5 Å². The van der Waals surface area contributed by atoms with Gasteiger partial charge in [0, 0.05) is 18.3 Å². The lowest BCUT2D eigenvalue weighted by molar-refractivity contribution is -0.113. The van der Waals surface area contributed by atoms with Gasteiger partial charge in [-0.1, -0.05) is 12.5 Å². The first-order valence-electron chi connectivity index (χ1n) is 9.75. The monoisotopic (exact) mass is 436 g/mol. The van der Waals surface area contributed by atoms with Crippen LogP contribution in [0, 0.1) is 12.3 Å². The first-order valence-corrected chi connectivity index (χ1v) is 11.2. The summed E-state index contributed by atoms with van der Waals surface area (Å²) in [4.78, 5) is 24.1. The van der Waals surface area contributed by atoms with Gasteiger partial charge in [-0.3, -0.25) is 4.79 Å². The first-order chi connectivity index (χ1) is 14.0. The number of piperidine rings is 1. The number of hydrogen-bond acceptors (Lipinski definition) is 7. The average Bonchev–Trinajstić information content (AvgIpc) is 2.65. The topological polar surface area (TPSA) is 125 Å². The summed E-state index contributed by atoms with van der Waals surface area (Å²) in [5.74, 6) is -1.86.